The summed E-state index contributed by atoms with van der Waals surface area (Å²) < 4.78 is 10.7. The second-order valence-corrected chi connectivity index (χ2v) is 5.58. The van der Waals surface area contributed by atoms with Crippen LogP contribution in [0.25, 0.3) is 0 Å². The number of nitrogens with one attached hydrogen (secondary N) is 1. The highest BCUT2D eigenvalue weighted by molar-refractivity contribution is 5.64. The third-order valence-corrected chi connectivity index (χ3v) is 3.29. The summed E-state index contributed by atoms with van der Waals surface area (Å²) in [6.45, 7) is 8.01. The van der Waals surface area contributed by atoms with Crippen LogP contribution in [0.4, 0.5) is 5.69 Å². The molecule has 0 aliphatic heterocycles. The summed E-state index contributed by atoms with van der Waals surface area (Å²) in [5, 5.41) is 3.47. The van der Waals surface area contributed by atoms with Crippen molar-refractivity contribution in [3.63, 3.8) is 0 Å². The van der Waals surface area contributed by atoms with Crippen molar-refractivity contribution >= 4 is 5.69 Å². The average molecular weight is 266 g/mol. The van der Waals surface area contributed by atoms with E-state index in [1.165, 1.54) is 0 Å². The molecule has 0 fully saturated rings. The van der Waals surface area contributed by atoms with Gasteiger partial charge in [0.05, 0.1) is 19.9 Å². The summed E-state index contributed by atoms with van der Waals surface area (Å²) in [7, 11) is 3.33. The average Bonchev–Trinajstić information content (AvgIpc) is 2.36. The van der Waals surface area contributed by atoms with Gasteiger partial charge in [-0.15, -0.1) is 0 Å². The number of ether oxygens (including phenoxy) is 2. The third kappa shape index (κ3) is 4.31. The second kappa shape index (κ2) is 6.66. The van der Waals surface area contributed by atoms with Gasteiger partial charge in [-0.25, -0.2) is 0 Å². The molecule has 0 heterocycles. The van der Waals surface area contributed by atoms with Crippen LogP contribution in [0.15, 0.2) is 12.1 Å². The number of rotatable bonds is 7. The van der Waals surface area contributed by atoms with Crippen LogP contribution in [0.5, 0.6) is 11.5 Å². The lowest BCUT2D eigenvalue weighted by atomic mass is 9.89. The van der Waals surface area contributed by atoms with Crippen molar-refractivity contribution < 1.29 is 9.47 Å². The molecule has 4 heteroatoms. The largest absolute Gasteiger partial charge is 0.497 e. The van der Waals surface area contributed by atoms with Crippen LogP contribution in [-0.4, -0.2) is 27.3 Å². The molecule has 0 saturated carbocycles. The molecule has 0 aliphatic carbocycles. The van der Waals surface area contributed by atoms with E-state index in [1.807, 2.05) is 19.1 Å². The molecule has 4 nitrogen and oxygen atoms in total. The fraction of sp³-hybridized carbons (Fsp3) is 0.600. The van der Waals surface area contributed by atoms with E-state index in [0.29, 0.717) is 6.54 Å². The zero-order valence-corrected chi connectivity index (χ0v) is 12.7. The van der Waals surface area contributed by atoms with Crippen molar-refractivity contribution in [2.45, 2.75) is 27.2 Å². The Bertz CT molecular complexity index is 417. The van der Waals surface area contributed by atoms with Crippen LogP contribution in [0.2, 0.25) is 0 Å². The Morgan fingerprint density at radius 3 is 2.42 bits per heavy atom. The van der Waals surface area contributed by atoms with E-state index in [1.54, 1.807) is 14.2 Å². The van der Waals surface area contributed by atoms with E-state index in [2.05, 4.69) is 19.2 Å². The Balaban J connectivity index is 2.88. The van der Waals surface area contributed by atoms with Gasteiger partial charge in [-0.05, 0) is 36.9 Å². The minimum atomic E-state index is 0.159. The van der Waals surface area contributed by atoms with Gasteiger partial charge in [-0.3, -0.25) is 0 Å². The van der Waals surface area contributed by atoms with Crippen molar-refractivity contribution in [2.75, 3.05) is 32.6 Å². The van der Waals surface area contributed by atoms with Gasteiger partial charge in [0.25, 0.3) is 0 Å². The lowest BCUT2D eigenvalue weighted by Crippen LogP contribution is -2.26. The van der Waals surface area contributed by atoms with Crippen LogP contribution < -0.4 is 20.5 Å². The summed E-state index contributed by atoms with van der Waals surface area (Å²) in [5.41, 5.74) is 7.93. The van der Waals surface area contributed by atoms with Gasteiger partial charge < -0.3 is 20.5 Å². The summed E-state index contributed by atoms with van der Waals surface area (Å²) in [6.07, 6.45) is 0.984. The van der Waals surface area contributed by atoms with Gasteiger partial charge >= 0.3 is 0 Å². The molecule has 0 aliphatic rings. The van der Waals surface area contributed by atoms with E-state index in [4.69, 9.17) is 15.2 Å². The summed E-state index contributed by atoms with van der Waals surface area (Å²) in [4.78, 5) is 0. The zero-order valence-electron chi connectivity index (χ0n) is 12.7. The minimum absolute atomic E-state index is 0.159. The molecule has 0 amide bonds. The first-order valence-corrected chi connectivity index (χ1v) is 6.60. The Hall–Kier alpha value is -1.42. The molecule has 0 radical (unpaired) electrons. The van der Waals surface area contributed by atoms with Crippen molar-refractivity contribution in [1.29, 1.82) is 0 Å². The number of aryl methyl sites for hydroxylation is 1. The van der Waals surface area contributed by atoms with Crippen LogP contribution in [0.1, 0.15) is 25.8 Å². The van der Waals surface area contributed by atoms with Gasteiger partial charge in [-0.1, -0.05) is 13.8 Å². The SMILES string of the molecule is COc1cc(C)c(NCC(C)(C)CCN)c(OC)c1. The van der Waals surface area contributed by atoms with Gasteiger partial charge in [0.15, 0.2) is 0 Å². The molecule has 0 bridgehead atoms. The van der Waals surface area contributed by atoms with Crippen molar-refractivity contribution in [3.8, 4) is 11.5 Å². The van der Waals surface area contributed by atoms with Crippen LogP contribution in [0, 0.1) is 12.3 Å². The molecular formula is C15H26N2O2. The van der Waals surface area contributed by atoms with Crippen LogP contribution >= 0.6 is 0 Å². The molecule has 0 saturated heterocycles. The van der Waals surface area contributed by atoms with Gasteiger partial charge in [0.2, 0.25) is 0 Å². The Kier molecular flexibility index (Phi) is 5.48. The molecule has 0 aromatic heterocycles. The molecule has 0 unspecified atom stereocenters. The number of anilines is 1. The molecular weight excluding hydrogens is 240 g/mol. The standard InChI is InChI=1S/C15H26N2O2/c1-11-8-12(18-4)9-13(19-5)14(11)17-10-15(2,3)6-7-16/h8-9,17H,6-7,10,16H2,1-5H3. The van der Waals surface area contributed by atoms with E-state index in [0.717, 1.165) is 35.7 Å². The first kappa shape index (κ1) is 15.6. The predicted octanol–water partition coefficient (Wildman–Crippen LogP) is 2.80. The van der Waals surface area contributed by atoms with Crippen molar-refractivity contribution in [1.82, 2.24) is 0 Å². The number of nitrogens with two attached hydrogens (primary N) is 1. The Labute approximate surface area is 116 Å². The van der Waals surface area contributed by atoms with Crippen LogP contribution in [-0.2, 0) is 0 Å². The summed E-state index contributed by atoms with van der Waals surface area (Å²) >= 11 is 0. The fourth-order valence-corrected chi connectivity index (χ4v) is 2.04. The number of hydrogen-bond acceptors (Lipinski definition) is 4. The molecule has 0 atom stereocenters. The van der Waals surface area contributed by atoms with Crippen LogP contribution in [0.3, 0.4) is 0 Å². The van der Waals surface area contributed by atoms with E-state index < -0.39 is 0 Å². The first-order valence-electron chi connectivity index (χ1n) is 6.60. The third-order valence-electron chi connectivity index (χ3n) is 3.29. The fourth-order valence-electron chi connectivity index (χ4n) is 2.04. The Morgan fingerprint density at radius 2 is 1.89 bits per heavy atom. The molecule has 19 heavy (non-hydrogen) atoms. The maximum atomic E-state index is 5.64. The second-order valence-electron chi connectivity index (χ2n) is 5.58. The zero-order chi connectivity index (χ0) is 14.5. The molecule has 108 valence electrons. The smallest absolute Gasteiger partial charge is 0.145 e. The first-order chi connectivity index (χ1) is 8.93. The highest BCUT2D eigenvalue weighted by Gasteiger charge is 2.18. The Morgan fingerprint density at radius 1 is 1.21 bits per heavy atom. The van der Waals surface area contributed by atoms with Crippen molar-refractivity contribution in [3.05, 3.63) is 17.7 Å². The summed E-state index contributed by atoms with van der Waals surface area (Å²) in [5.74, 6) is 1.61. The molecule has 1 aromatic carbocycles. The lowest BCUT2D eigenvalue weighted by Gasteiger charge is -2.26. The molecule has 0 spiro atoms. The minimum Gasteiger partial charge on any atom is -0.497 e. The summed E-state index contributed by atoms with van der Waals surface area (Å²) in [6, 6.07) is 3.89. The van der Waals surface area contributed by atoms with Gasteiger partial charge in [0.1, 0.15) is 11.5 Å². The highest BCUT2D eigenvalue weighted by atomic mass is 16.5. The number of benzene rings is 1. The molecule has 3 N–H and O–H groups in total. The molecule has 1 rings (SSSR count). The topological polar surface area (TPSA) is 56.5 Å². The molecule has 1 aromatic rings. The monoisotopic (exact) mass is 266 g/mol. The van der Waals surface area contributed by atoms with E-state index in [-0.39, 0.29) is 5.41 Å². The maximum absolute atomic E-state index is 5.64. The predicted molar refractivity (Wildman–Crippen MR) is 80.2 cm³/mol. The van der Waals surface area contributed by atoms with Crippen molar-refractivity contribution in [2.24, 2.45) is 11.1 Å². The van der Waals surface area contributed by atoms with Gasteiger partial charge in [0, 0.05) is 12.6 Å². The van der Waals surface area contributed by atoms with E-state index in [9.17, 15) is 0 Å². The number of methoxy groups -OCH3 is 2. The van der Waals surface area contributed by atoms with E-state index >= 15 is 0 Å². The highest BCUT2D eigenvalue weighted by Crippen LogP contribution is 2.34. The number of hydrogen-bond donors (Lipinski definition) is 2. The maximum Gasteiger partial charge on any atom is 0.145 e. The lowest BCUT2D eigenvalue weighted by molar-refractivity contribution is 0.363. The quantitative estimate of drug-likeness (QED) is 0.797. The normalized spacial score (nSPS) is 11.3. The van der Waals surface area contributed by atoms with Gasteiger partial charge in [-0.2, -0.15) is 0 Å².